The van der Waals surface area contributed by atoms with Gasteiger partial charge in [0.15, 0.2) is 0 Å². The Kier molecular flexibility index (Phi) is 6.55. The summed E-state index contributed by atoms with van der Waals surface area (Å²) in [5, 5.41) is 0. The second kappa shape index (κ2) is 8.64. The van der Waals surface area contributed by atoms with Gasteiger partial charge in [0.25, 0.3) is 0 Å². The van der Waals surface area contributed by atoms with Crippen molar-refractivity contribution in [1.29, 1.82) is 0 Å². The Hall–Kier alpha value is -1.92. The molecule has 0 aromatic heterocycles. The van der Waals surface area contributed by atoms with Gasteiger partial charge in [-0.1, -0.05) is 30.3 Å². The normalized spacial score (nSPS) is 16.2. The summed E-state index contributed by atoms with van der Waals surface area (Å²) in [4.78, 5) is 27.5. The molecule has 1 aromatic rings. The summed E-state index contributed by atoms with van der Waals surface area (Å²) in [7, 11) is 0. The summed E-state index contributed by atoms with van der Waals surface area (Å²) in [5.41, 5.74) is 12.2. The van der Waals surface area contributed by atoms with E-state index in [1.165, 1.54) is 0 Å². The Labute approximate surface area is 137 Å². The quantitative estimate of drug-likeness (QED) is 0.757. The molecule has 6 nitrogen and oxygen atoms in total. The molecule has 1 aromatic carbocycles. The third-order valence-electron chi connectivity index (χ3n) is 4.19. The highest BCUT2D eigenvalue weighted by molar-refractivity contribution is 5.79. The number of nitrogens with zero attached hydrogens (tertiary/aromatic N) is 2. The molecule has 1 aliphatic rings. The van der Waals surface area contributed by atoms with Crippen LogP contribution in [-0.2, 0) is 16.1 Å². The Bertz CT molecular complexity index is 513. The first kappa shape index (κ1) is 17.4. The minimum Gasteiger partial charge on any atom is -0.370 e. The standard InChI is InChI=1S/C17H26N4O2/c18-15-6-9-20(10-7-15)13-17(23)21(11-8-16(19)22)12-14-4-2-1-3-5-14/h1-5,15H,6-13,18H2,(H2,19,22). The second-order valence-corrected chi connectivity index (χ2v) is 6.13. The van der Waals surface area contributed by atoms with E-state index in [-0.39, 0.29) is 24.3 Å². The van der Waals surface area contributed by atoms with E-state index < -0.39 is 0 Å². The number of piperidine rings is 1. The van der Waals surface area contributed by atoms with E-state index in [1.807, 2.05) is 30.3 Å². The van der Waals surface area contributed by atoms with Gasteiger partial charge >= 0.3 is 0 Å². The monoisotopic (exact) mass is 318 g/mol. The van der Waals surface area contributed by atoms with Crippen LogP contribution in [-0.4, -0.2) is 53.8 Å². The van der Waals surface area contributed by atoms with Crippen molar-refractivity contribution in [3.8, 4) is 0 Å². The van der Waals surface area contributed by atoms with Crippen LogP contribution in [0, 0.1) is 0 Å². The summed E-state index contributed by atoms with van der Waals surface area (Å²) in [6.07, 6.45) is 2.03. The molecular formula is C17H26N4O2. The van der Waals surface area contributed by atoms with Crippen molar-refractivity contribution < 1.29 is 9.59 Å². The van der Waals surface area contributed by atoms with Gasteiger partial charge in [0, 0.05) is 38.6 Å². The van der Waals surface area contributed by atoms with Crippen molar-refractivity contribution in [1.82, 2.24) is 9.80 Å². The van der Waals surface area contributed by atoms with E-state index in [0.717, 1.165) is 31.5 Å². The lowest BCUT2D eigenvalue weighted by atomic mass is 10.1. The predicted molar refractivity (Wildman–Crippen MR) is 89.3 cm³/mol. The Balaban J connectivity index is 1.94. The largest absolute Gasteiger partial charge is 0.370 e. The smallest absolute Gasteiger partial charge is 0.237 e. The first-order valence-electron chi connectivity index (χ1n) is 8.12. The van der Waals surface area contributed by atoms with Crippen molar-refractivity contribution in [2.24, 2.45) is 11.5 Å². The lowest BCUT2D eigenvalue weighted by Gasteiger charge is -2.31. The fourth-order valence-corrected chi connectivity index (χ4v) is 2.74. The maximum absolute atomic E-state index is 12.6. The number of hydrogen-bond donors (Lipinski definition) is 2. The van der Waals surface area contributed by atoms with Gasteiger partial charge in [0.1, 0.15) is 0 Å². The summed E-state index contributed by atoms with van der Waals surface area (Å²) < 4.78 is 0. The van der Waals surface area contributed by atoms with E-state index in [4.69, 9.17) is 11.5 Å². The van der Waals surface area contributed by atoms with Gasteiger partial charge in [-0.2, -0.15) is 0 Å². The average molecular weight is 318 g/mol. The molecule has 0 spiro atoms. The van der Waals surface area contributed by atoms with Crippen LogP contribution in [0.4, 0.5) is 0 Å². The van der Waals surface area contributed by atoms with Crippen LogP contribution in [0.3, 0.4) is 0 Å². The molecule has 2 rings (SSSR count). The number of rotatable bonds is 7. The summed E-state index contributed by atoms with van der Waals surface area (Å²) in [6, 6.07) is 10.0. The number of carbonyl (C=O) groups is 2. The molecule has 0 aliphatic carbocycles. The van der Waals surface area contributed by atoms with Crippen molar-refractivity contribution in [3.05, 3.63) is 35.9 Å². The Morgan fingerprint density at radius 2 is 1.83 bits per heavy atom. The molecule has 0 unspecified atom stereocenters. The highest BCUT2D eigenvalue weighted by Gasteiger charge is 2.21. The van der Waals surface area contributed by atoms with Gasteiger partial charge in [-0.15, -0.1) is 0 Å². The van der Waals surface area contributed by atoms with Crippen LogP contribution in [0.25, 0.3) is 0 Å². The van der Waals surface area contributed by atoms with Gasteiger partial charge < -0.3 is 16.4 Å². The van der Waals surface area contributed by atoms with E-state index in [0.29, 0.717) is 19.6 Å². The molecule has 1 saturated heterocycles. The highest BCUT2D eigenvalue weighted by Crippen LogP contribution is 2.10. The van der Waals surface area contributed by atoms with Gasteiger partial charge in [0.05, 0.1) is 6.54 Å². The molecule has 0 bridgehead atoms. The lowest BCUT2D eigenvalue weighted by molar-refractivity contribution is -0.133. The Morgan fingerprint density at radius 1 is 1.17 bits per heavy atom. The molecule has 0 saturated carbocycles. The zero-order chi connectivity index (χ0) is 16.7. The number of carbonyl (C=O) groups excluding carboxylic acids is 2. The van der Waals surface area contributed by atoms with Crippen LogP contribution >= 0.6 is 0 Å². The van der Waals surface area contributed by atoms with Gasteiger partial charge in [-0.25, -0.2) is 0 Å². The summed E-state index contributed by atoms with van der Waals surface area (Å²) >= 11 is 0. The number of primary amides is 1. The zero-order valence-electron chi connectivity index (χ0n) is 13.5. The number of likely N-dealkylation sites (tertiary alicyclic amines) is 1. The SMILES string of the molecule is NC(=O)CCN(Cc1ccccc1)C(=O)CN1CCC(N)CC1. The predicted octanol–water partition coefficient (Wildman–Crippen LogP) is 0.314. The van der Waals surface area contributed by atoms with Crippen LogP contribution in [0.15, 0.2) is 30.3 Å². The molecule has 0 radical (unpaired) electrons. The number of amides is 2. The van der Waals surface area contributed by atoms with E-state index in [2.05, 4.69) is 4.90 Å². The molecule has 23 heavy (non-hydrogen) atoms. The maximum atomic E-state index is 12.6. The van der Waals surface area contributed by atoms with E-state index >= 15 is 0 Å². The molecule has 1 heterocycles. The van der Waals surface area contributed by atoms with Crippen LogP contribution < -0.4 is 11.5 Å². The molecule has 0 atom stereocenters. The van der Waals surface area contributed by atoms with Crippen LogP contribution in [0.1, 0.15) is 24.8 Å². The number of benzene rings is 1. The second-order valence-electron chi connectivity index (χ2n) is 6.13. The van der Waals surface area contributed by atoms with E-state index in [9.17, 15) is 9.59 Å². The first-order chi connectivity index (χ1) is 11.0. The summed E-state index contributed by atoms with van der Waals surface area (Å²) in [6.45, 7) is 2.93. The van der Waals surface area contributed by atoms with Crippen LogP contribution in [0.2, 0.25) is 0 Å². The topological polar surface area (TPSA) is 92.7 Å². The molecular weight excluding hydrogens is 292 g/mol. The fourth-order valence-electron chi connectivity index (χ4n) is 2.74. The van der Waals surface area contributed by atoms with Crippen molar-refractivity contribution in [3.63, 3.8) is 0 Å². The minimum atomic E-state index is -0.389. The molecule has 6 heteroatoms. The third kappa shape index (κ3) is 6.00. The molecule has 126 valence electrons. The molecule has 1 aliphatic heterocycles. The maximum Gasteiger partial charge on any atom is 0.237 e. The fraction of sp³-hybridized carbons (Fsp3) is 0.529. The number of hydrogen-bond acceptors (Lipinski definition) is 4. The third-order valence-corrected chi connectivity index (χ3v) is 4.19. The van der Waals surface area contributed by atoms with Gasteiger partial charge in [0.2, 0.25) is 11.8 Å². The van der Waals surface area contributed by atoms with Crippen molar-refractivity contribution in [2.75, 3.05) is 26.2 Å². The zero-order valence-corrected chi connectivity index (χ0v) is 13.5. The highest BCUT2D eigenvalue weighted by atomic mass is 16.2. The minimum absolute atomic E-state index is 0.0329. The molecule has 1 fully saturated rings. The van der Waals surface area contributed by atoms with Crippen LogP contribution in [0.5, 0.6) is 0 Å². The van der Waals surface area contributed by atoms with Crippen molar-refractivity contribution >= 4 is 11.8 Å². The first-order valence-corrected chi connectivity index (χ1v) is 8.12. The average Bonchev–Trinajstić information content (AvgIpc) is 2.54. The Morgan fingerprint density at radius 3 is 2.43 bits per heavy atom. The lowest BCUT2D eigenvalue weighted by Crippen LogP contribution is -2.46. The van der Waals surface area contributed by atoms with E-state index in [1.54, 1.807) is 4.90 Å². The molecule has 2 amide bonds. The number of nitrogens with two attached hydrogens (primary N) is 2. The molecule has 4 N–H and O–H groups in total. The van der Waals surface area contributed by atoms with Crippen molar-refractivity contribution in [2.45, 2.75) is 31.8 Å². The van der Waals surface area contributed by atoms with Gasteiger partial charge in [-0.3, -0.25) is 14.5 Å². The summed E-state index contributed by atoms with van der Waals surface area (Å²) in [5.74, 6) is -0.356. The van der Waals surface area contributed by atoms with Gasteiger partial charge in [-0.05, 0) is 18.4 Å².